The van der Waals surface area contributed by atoms with Crippen molar-refractivity contribution < 1.29 is 42.0 Å². The maximum absolute atomic E-state index is 13.5. The molecule has 21 heteroatoms. The number of ketones is 1. The number of benzene rings is 1. The number of rotatable bonds is 15. The Morgan fingerprint density at radius 1 is 1.21 bits per heavy atom. The number of carboxylic acid groups (broad SMARTS) is 1. The van der Waals surface area contributed by atoms with E-state index in [2.05, 4.69) is 25.2 Å². The molecule has 250 valence electrons. The Labute approximate surface area is 270 Å². The van der Waals surface area contributed by atoms with Gasteiger partial charge in [-0.05, 0) is 37.1 Å². The molecule has 1 aromatic carbocycles. The van der Waals surface area contributed by atoms with Gasteiger partial charge in [-0.25, -0.2) is 19.1 Å². The van der Waals surface area contributed by atoms with Gasteiger partial charge >= 0.3 is 16.3 Å². The maximum atomic E-state index is 13.5. The zero-order valence-corrected chi connectivity index (χ0v) is 26.0. The fourth-order valence-electron chi connectivity index (χ4n) is 4.90. The third-order valence-electron chi connectivity index (χ3n) is 7.39. The topological polar surface area (TPSA) is 294 Å². The second kappa shape index (κ2) is 13.8. The van der Waals surface area contributed by atoms with Crippen molar-refractivity contribution in [2.75, 3.05) is 12.3 Å². The van der Waals surface area contributed by atoms with Crippen LogP contribution in [0.5, 0.6) is 5.75 Å². The van der Waals surface area contributed by atoms with Gasteiger partial charge in [0.25, 0.3) is 6.10 Å². The summed E-state index contributed by atoms with van der Waals surface area (Å²) in [6.07, 6.45) is 1.69. The summed E-state index contributed by atoms with van der Waals surface area (Å²) in [6.45, 7) is -0.725. The number of amides is 1. The molecule has 5 rings (SSSR count). The summed E-state index contributed by atoms with van der Waals surface area (Å²) in [4.78, 5) is 55.6. The molecule has 1 aliphatic carbocycles. The van der Waals surface area contributed by atoms with Crippen LogP contribution < -0.4 is 21.9 Å². The molecule has 0 unspecified atom stereocenters. The van der Waals surface area contributed by atoms with Crippen LogP contribution in [0.15, 0.2) is 52.4 Å². The van der Waals surface area contributed by atoms with E-state index in [1.54, 1.807) is 24.3 Å². The number of ether oxygens (including phenoxy) is 1. The van der Waals surface area contributed by atoms with Crippen LogP contribution in [-0.4, -0.2) is 102 Å². The first-order chi connectivity index (χ1) is 22.3. The Morgan fingerprint density at radius 2 is 1.94 bits per heavy atom. The van der Waals surface area contributed by atoms with Crippen molar-refractivity contribution in [2.45, 2.75) is 50.0 Å². The number of nitrogen functional groups attached to an aromatic ring is 1. The molecular formula is C26H30N10O9S2. The maximum Gasteiger partial charge on any atom is 0.362 e. The fraction of sp³-hybridized carbons (Fsp3) is 0.385. The molecule has 2 aliphatic rings. The number of carbonyl (C=O) groups is 3. The highest BCUT2D eigenvalue weighted by Crippen LogP contribution is 2.34. The van der Waals surface area contributed by atoms with E-state index < -0.39 is 64.8 Å². The number of nitrogens with two attached hydrogens (primary N) is 3. The van der Waals surface area contributed by atoms with Gasteiger partial charge in [-0.2, -0.15) is 13.5 Å². The molecule has 1 amide bonds. The number of hydrogen-bond donors (Lipinski definition) is 5. The highest BCUT2D eigenvalue weighted by Gasteiger charge is 2.54. The average molecular weight is 691 g/mol. The molecule has 1 aliphatic heterocycles. The minimum atomic E-state index is -4.94. The minimum absolute atomic E-state index is 0.0605. The van der Waals surface area contributed by atoms with Crippen LogP contribution in [0, 0.1) is 5.92 Å². The number of hydrogen-bond acceptors (Lipinski definition) is 15. The fourth-order valence-corrected chi connectivity index (χ4v) is 6.36. The summed E-state index contributed by atoms with van der Waals surface area (Å²) in [7, 11) is -4.94. The second-order valence-corrected chi connectivity index (χ2v) is 12.9. The molecule has 8 N–H and O–H groups in total. The number of carbonyl (C=O) groups excluding carboxylic acids is 2. The summed E-state index contributed by atoms with van der Waals surface area (Å²) < 4.78 is 40.3. The van der Waals surface area contributed by atoms with Crippen LogP contribution in [0.3, 0.4) is 0 Å². The number of carboxylic acids is 1. The van der Waals surface area contributed by atoms with Gasteiger partial charge < -0.3 is 31.9 Å². The molecule has 3 heterocycles. The molecule has 2 fully saturated rings. The van der Waals surface area contributed by atoms with Crippen LogP contribution in [-0.2, 0) is 36.1 Å². The van der Waals surface area contributed by atoms with Crippen molar-refractivity contribution in [3.63, 3.8) is 0 Å². The Balaban J connectivity index is 1.27. The monoisotopic (exact) mass is 690 g/mol. The predicted molar refractivity (Wildman–Crippen MR) is 165 cm³/mol. The smallest absolute Gasteiger partial charge is 0.362 e. The van der Waals surface area contributed by atoms with Gasteiger partial charge in [-0.15, -0.1) is 11.3 Å². The molecule has 19 nitrogen and oxygen atoms in total. The molecule has 2 aromatic heterocycles. The van der Waals surface area contributed by atoms with Gasteiger partial charge in [-0.3, -0.25) is 23.8 Å². The van der Waals surface area contributed by atoms with Gasteiger partial charge in [0.2, 0.25) is 5.91 Å². The standard InChI is InChI=1S/C26H30N10O9S2/c27-14-5-15(6-14)32-23(28)13-1-3-16(4-2-13)44-9-21(25(39)40)45-34-22(18-10-46-26(29)33-18)20(37)7-17-19(8-35-12-30-11-31-35)36(24(17)38)47(41,42)43/h1-4,10-12,14-15,17,19,21H,5-9,27H2,(H2,28,32)(H2,29,33)(H,39,40)(H,41,42,43)/b34-22-/t14?,15?,17-,19+,21-/m0/s1. The number of Topliss-reactive ketones (excluding diaryl/α,β-unsaturated/α-hetero) is 1. The number of aromatic nitrogens is 4. The van der Waals surface area contributed by atoms with Crippen LogP contribution in [0.2, 0.25) is 0 Å². The van der Waals surface area contributed by atoms with Crippen LogP contribution >= 0.6 is 11.3 Å². The molecule has 3 aromatic rings. The molecule has 1 saturated carbocycles. The average Bonchev–Trinajstić information content (AvgIpc) is 3.67. The first kappa shape index (κ1) is 33.4. The van der Waals surface area contributed by atoms with Crippen LogP contribution in [0.25, 0.3) is 0 Å². The quantitative estimate of drug-likeness (QED) is 0.0422. The van der Waals surface area contributed by atoms with Gasteiger partial charge in [0.1, 0.15) is 36.5 Å². The van der Waals surface area contributed by atoms with E-state index in [0.29, 0.717) is 17.1 Å². The summed E-state index contributed by atoms with van der Waals surface area (Å²) in [5.41, 5.74) is 17.7. The molecule has 1 saturated heterocycles. The number of thiazole rings is 1. The Bertz CT molecular complexity index is 1790. The van der Waals surface area contributed by atoms with Gasteiger partial charge in [0.05, 0.1) is 24.5 Å². The molecule has 0 spiro atoms. The summed E-state index contributed by atoms with van der Waals surface area (Å²) >= 11 is 0.963. The summed E-state index contributed by atoms with van der Waals surface area (Å²) in [5.74, 6) is -3.92. The van der Waals surface area contributed by atoms with Crippen molar-refractivity contribution in [2.24, 2.45) is 27.5 Å². The zero-order chi connectivity index (χ0) is 33.9. The highest BCUT2D eigenvalue weighted by molar-refractivity contribution is 7.84. The molecule has 3 atom stereocenters. The van der Waals surface area contributed by atoms with Crippen LogP contribution in [0.1, 0.15) is 30.5 Å². The number of aliphatic imine (C=N–C) groups is 1. The summed E-state index contributed by atoms with van der Waals surface area (Å²) in [5, 5.41) is 18.8. The van der Waals surface area contributed by atoms with Gasteiger partial charge in [0.15, 0.2) is 16.6 Å². The number of β-lactam (4-membered cyclic amide) rings is 1. The number of amidine groups is 1. The number of aliphatic carboxylic acids is 1. The van der Waals surface area contributed by atoms with Crippen molar-refractivity contribution in [1.82, 2.24) is 24.1 Å². The van der Waals surface area contributed by atoms with Crippen molar-refractivity contribution in [3.05, 3.63) is 53.6 Å². The first-order valence-electron chi connectivity index (χ1n) is 14.0. The third kappa shape index (κ3) is 7.88. The first-order valence-corrected chi connectivity index (χ1v) is 16.2. The van der Waals surface area contributed by atoms with Crippen molar-refractivity contribution in [3.8, 4) is 5.75 Å². The summed E-state index contributed by atoms with van der Waals surface area (Å²) in [6, 6.07) is 5.48. The zero-order valence-electron chi connectivity index (χ0n) is 24.4. The van der Waals surface area contributed by atoms with E-state index in [0.717, 1.165) is 24.2 Å². The van der Waals surface area contributed by atoms with E-state index >= 15 is 0 Å². The van der Waals surface area contributed by atoms with E-state index in [4.69, 9.17) is 26.8 Å². The number of oxime groups is 1. The Kier molecular flexibility index (Phi) is 9.79. The van der Waals surface area contributed by atoms with E-state index in [1.807, 2.05) is 0 Å². The molecule has 47 heavy (non-hydrogen) atoms. The number of nitrogens with zero attached hydrogens (tertiary/aromatic N) is 7. The van der Waals surface area contributed by atoms with Crippen molar-refractivity contribution in [1.29, 1.82) is 0 Å². The lowest BCUT2D eigenvalue weighted by Gasteiger charge is -2.43. The Hall–Kier alpha value is -4.99. The second-order valence-electron chi connectivity index (χ2n) is 10.7. The molecule has 0 radical (unpaired) electrons. The van der Waals surface area contributed by atoms with E-state index in [-0.39, 0.29) is 33.8 Å². The highest BCUT2D eigenvalue weighted by atomic mass is 32.2. The minimum Gasteiger partial charge on any atom is -0.489 e. The Morgan fingerprint density at radius 3 is 2.51 bits per heavy atom. The van der Waals surface area contributed by atoms with E-state index in [1.165, 1.54) is 22.7 Å². The molecule has 0 bridgehead atoms. The van der Waals surface area contributed by atoms with Crippen molar-refractivity contribution >= 4 is 56.0 Å². The lowest BCUT2D eigenvalue weighted by Crippen LogP contribution is -2.64. The lowest BCUT2D eigenvalue weighted by atomic mass is 9.84. The van der Waals surface area contributed by atoms with Gasteiger partial charge in [0, 0.05) is 23.4 Å². The van der Waals surface area contributed by atoms with E-state index in [9.17, 15) is 32.5 Å². The SMILES string of the molecule is NC(=NC1CC(N)C1)c1ccc(OC[C@H](O/N=C(\C(=O)C[C@@H]2C(=O)N(S(=O)(=O)O)[C@@H]2Cn2cncn2)c2csc(N)n2)C(=O)O)cc1. The molecular weight excluding hydrogens is 660 g/mol. The number of anilines is 1. The largest absolute Gasteiger partial charge is 0.489 e. The predicted octanol–water partition coefficient (Wildman–Crippen LogP) is -0.946. The third-order valence-corrected chi connectivity index (χ3v) is 9.01. The lowest BCUT2D eigenvalue weighted by molar-refractivity contribution is -0.152. The normalized spacial score (nSPS) is 22.3. The van der Waals surface area contributed by atoms with Crippen LogP contribution in [0.4, 0.5) is 5.13 Å². The van der Waals surface area contributed by atoms with Gasteiger partial charge in [-0.1, -0.05) is 5.16 Å².